The van der Waals surface area contributed by atoms with E-state index in [1.807, 2.05) is 46.8 Å². The lowest BCUT2D eigenvalue weighted by Crippen LogP contribution is -2.35. The number of carbonyl (C=O) groups excluding carboxylic acids is 2. The van der Waals surface area contributed by atoms with Gasteiger partial charge in [0.1, 0.15) is 16.6 Å². The van der Waals surface area contributed by atoms with Gasteiger partial charge in [-0.25, -0.2) is 9.00 Å². The minimum atomic E-state index is -1.41. The first-order chi connectivity index (χ1) is 12.7. The van der Waals surface area contributed by atoms with Crippen molar-refractivity contribution in [2.45, 2.75) is 53.1 Å². The molecule has 2 rings (SSSR count). The van der Waals surface area contributed by atoms with E-state index >= 15 is 0 Å². The number of nitrogens with one attached hydrogen (secondary N) is 1. The number of ether oxygens (including phenoxy) is 2. The molecule has 0 saturated heterocycles. The van der Waals surface area contributed by atoms with Crippen molar-refractivity contribution < 1.29 is 23.3 Å². The average Bonchev–Trinajstić information content (AvgIpc) is 3.05. The molecule has 7 nitrogen and oxygen atoms in total. The Balaban J connectivity index is 0.00000176. The number of nitrogens with zero attached hydrogens (tertiary/aromatic N) is 1. The lowest BCUT2D eigenvalue weighted by Gasteiger charge is -2.24. The maximum absolute atomic E-state index is 12.3. The zero-order valence-corrected chi connectivity index (χ0v) is 17.8. The lowest BCUT2D eigenvalue weighted by atomic mass is 10.1. The number of carbonyl (C=O) groups is 2. The molecular formula is C19H30N2O5S. The standard InChI is InChI=1S/C17H24N2O5S.C2H6/c1-17(2,3)24-16(21)19-10-8-12-13(6-5-7-14(12)19)18-25(22)11-9-15(20)23-4;1-2/h5-7,18H,8-11H2,1-4H3;1-2H3. The Labute approximate surface area is 164 Å². The van der Waals surface area contributed by atoms with Crippen LogP contribution in [-0.2, 0) is 31.7 Å². The van der Waals surface area contributed by atoms with Crippen LogP contribution in [0.4, 0.5) is 16.2 Å². The molecule has 0 radical (unpaired) electrons. The minimum Gasteiger partial charge on any atom is -0.469 e. The number of fused-ring (bicyclic) bond motifs is 1. The van der Waals surface area contributed by atoms with Crippen LogP contribution >= 0.6 is 0 Å². The molecule has 1 aliphatic heterocycles. The second-order valence-electron chi connectivity index (χ2n) is 6.66. The van der Waals surface area contributed by atoms with Gasteiger partial charge in [0.15, 0.2) is 0 Å². The molecule has 27 heavy (non-hydrogen) atoms. The molecule has 0 fully saturated rings. The summed E-state index contributed by atoms with van der Waals surface area (Å²) in [6, 6.07) is 5.45. The van der Waals surface area contributed by atoms with Crippen LogP contribution in [0.2, 0.25) is 0 Å². The van der Waals surface area contributed by atoms with Crippen LogP contribution in [0.1, 0.15) is 46.6 Å². The Kier molecular flexibility index (Phi) is 8.75. The molecule has 1 aliphatic rings. The maximum Gasteiger partial charge on any atom is 0.414 e. The second kappa shape index (κ2) is 10.3. The number of methoxy groups -OCH3 is 1. The monoisotopic (exact) mass is 398 g/mol. The largest absolute Gasteiger partial charge is 0.469 e. The van der Waals surface area contributed by atoms with Gasteiger partial charge in [0.05, 0.1) is 30.7 Å². The normalized spacial score (nSPS) is 13.8. The summed E-state index contributed by atoms with van der Waals surface area (Å²) in [5.41, 5.74) is 1.81. The van der Waals surface area contributed by atoms with Gasteiger partial charge in [-0.15, -0.1) is 0 Å². The van der Waals surface area contributed by atoms with Gasteiger partial charge in [-0.2, -0.15) is 0 Å². The molecule has 8 heteroatoms. The van der Waals surface area contributed by atoms with E-state index < -0.39 is 28.6 Å². The first-order valence-corrected chi connectivity index (χ1v) is 10.4. The van der Waals surface area contributed by atoms with Gasteiger partial charge in [0, 0.05) is 12.1 Å². The number of hydrogen-bond acceptors (Lipinski definition) is 5. The molecule has 1 heterocycles. The summed E-state index contributed by atoms with van der Waals surface area (Å²) in [5, 5.41) is 0. The molecule has 1 aromatic carbocycles. The second-order valence-corrected chi connectivity index (χ2v) is 7.97. The SMILES string of the molecule is CC.COC(=O)CCS(=O)Nc1cccc2c1CCN2C(=O)OC(C)(C)C. The summed E-state index contributed by atoms with van der Waals surface area (Å²) in [7, 11) is -0.109. The van der Waals surface area contributed by atoms with Crippen LogP contribution in [0.5, 0.6) is 0 Å². The molecule has 152 valence electrons. The molecular weight excluding hydrogens is 368 g/mol. The zero-order valence-electron chi connectivity index (χ0n) is 17.0. The van der Waals surface area contributed by atoms with Crippen molar-refractivity contribution >= 4 is 34.4 Å². The Bertz CT molecular complexity index is 685. The molecule has 0 aliphatic carbocycles. The van der Waals surface area contributed by atoms with Crippen LogP contribution < -0.4 is 9.62 Å². The molecule has 0 saturated carbocycles. The van der Waals surface area contributed by atoms with E-state index in [-0.39, 0.29) is 12.2 Å². The van der Waals surface area contributed by atoms with E-state index in [9.17, 15) is 13.8 Å². The third-order valence-corrected chi connectivity index (χ3v) is 4.61. The fraction of sp³-hybridized carbons (Fsp3) is 0.579. The Hall–Kier alpha value is -2.09. The van der Waals surface area contributed by atoms with Crippen molar-refractivity contribution in [3.05, 3.63) is 23.8 Å². The highest BCUT2D eigenvalue weighted by atomic mass is 32.2. The number of amides is 1. The highest BCUT2D eigenvalue weighted by Crippen LogP contribution is 2.34. The molecule has 1 aromatic rings. The number of rotatable bonds is 5. The van der Waals surface area contributed by atoms with E-state index in [4.69, 9.17) is 4.74 Å². The predicted molar refractivity (Wildman–Crippen MR) is 108 cm³/mol. The smallest absolute Gasteiger partial charge is 0.414 e. The molecule has 1 atom stereocenters. The molecule has 1 unspecified atom stereocenters. The maximum atomic E-state index is 12.3. The van der Waals surface area contributed by atoms with Gasteiger partial charge in [-0.05, 0) is 39.3 Å². The fourth-order valence-electron chi connectivity index (χ4n) is 2.49. The van der Waals surface area contributed by atoms with E-state index in [1.165, 1.54) is 7.11 Å². The van der Waals surface area contributed by atoms with Gasteiger partial charge in [0.2, 0.25) is 0 Å². The number of hydrogen-bond donors (Lipinski definition) is 1. The van der Waals surface area contributed by atoms with Crippen LogP contribution in [0, 0.1) is 0 Å². The Morgan fingerprint density at radius 3 is 2.52 bits per heavy atom. The van der Waals surface area contributed by atoms with Crippen molar-refractivity contribution in [3.63, 3.8) is 0 Å². The van der Waals surface area contributed by atoms with Crippen molar-refractivity contribution in [1.29, 1.82) is 0 Å². The first-order valence-electron chi connectivity index (χ1n) is 9.05. The molecule has 0 spiro atoms. The predicted octanol–water partition coefficient (Wildman–Crippen LogP) is 3.65. The average molecular weight is 399 g/mol. The van der Waals surface area contributed by atoms with Gasteiger partial charge < -0.3 is 14.2 Å². The van der Waals surface area contributed by atoms with Gasteiger partial charge in [-0.3, -0.25) is 9.69 Å². The minimum absolute atomic E-state index is 0.0785. The van der Waals surface area contributed by atoms with Crippen LogP contribution in [-0.4, -0.2) is 41.3 Å². The van der Waals surface area contributed by atoms with Gasteiger partial charge in [-0.1, -0.05) is 19.9 Å². The zero-order chi connectivity index (χ0) is 20.6. The van der Waals surface area contributed by atoms with Crippen LogP contribution in [0.25, 0.3) is 0 Å². The van der Waals surface area contributed by atoms with Crippen molar-refractivity contribution in [3.8, 4) is 0 Å². The third kappa shape index (κ3) is 6.86. The van der Waals surface area contributed by atoms with E-state index in [0.29, 0.717) is 18.7 Å². The quantitative estimate of drug-likeness (QED) is 0.765. The van der Waals surface area contributed by atoms with Crippen molar-refractivity contribution in [2.24, 2.45) is 0 Å². The van der Waals surface area contributed by atoms with E-state index in [2.05, 4.69) is 9.46 Å². The van der Waals surface area contributed by atoms with Gasteiger partial charge >= 0.3 is 12.1 Å². The van der Waals surface area contributed by atoms with Crippen LogP contribution in [0.3, 0.4) is 0 Å². The van der Waals surface area contributed by atoms with E-state index in [1.54, 1.807) is 11.0 Å². The third-order valence-electron chi connectivity index (χ3n) is 3.58. The number of anilines is 2. The van der Waals surface area contributed by atoms with Gasteiger partial charge in [0.25, 0.3) is 0 Å². The lowest BCUT2D eigenvalue weighted by molar-refractivity contribution is -0.140. The van der Waals surface area contributed by atoms with Crippen LogP contribution in [0.15, 0.2) is 18.2 Å². The molecule has 1 amide bonds. The number of benzene rings is 1. The summed E-state index contributed by atoms with van der Waals surface area (Å²) in [6.07, 6.45) is 0.330. The Morgan fingerprint density at radius 2 is 1.93 bits per heavy atom. The highest BCUT2D eigenvalue weighted by Gasteiger charge is 2.30. The first kappa shape index (κ1) is 23.0. The topological polar surface area (TPSA) is 84.9 Å². The van der Waals surface area contributed by atoms with Crippen molar-refractivity contribution in [1.82, 2.24) is 0 Å². The highest BCUT2D eigenvalue weighted by molar-refractivity contribution is 7.86. The Morgan fingerprint density at radius 1 is 1.26 bits per heavy atom. The fourth-order valence-corrected chi connectivity index (χ4v) is 3.38. The summed E-state index contributed by atoms with van der Waals surface area (Å²) >= 11 is 0. The molecule has 0 aromatic heterocycles. The summed E-state index contributed by atoms with van der Waals surface area (Å²) in [6.45, 7) is 9.98. The molecule has 1 N–H and O–H groups in total. The number of esters is 1. The van der Waals surface area contributed by atoms with Crippen molar-refractivity contribution in [2.75, 3.05) is 29.0 Å². The summed E-state index contributed by atoms with van der Waals surface area (Å²) in [5.74, 6) is -0.240. The van der Waals surface area contributed by atoms with E-state index in [0.717, 1.165) is 11.3 Å². The summed E-state index contributed by atoms with van der Waals surface area (Å²) < 4.78 is 25.0. The summed E-state index contributed by atoms with van der Waals surface area (Å²) in [4.78, 5) is 25.1. The molecule has 0 bridgehead atoms.